The second kappa shape index (κ2) is 5.39. The summed E-state index contributed by atoms with van der Waals surface area (Å²) in [7, 11) is 1.95. The molecule has 1 unspecified atom stereocenters. The Bertz CT molecular complexity index is 772. The second-order valence-electron chi connectivity index (χ2n) is 6.03. The van der Waals surface area contributed by atoms with E-state index in [4.69, 9.17) is 9.83 Å². The molecule has 2 aliphatic rings. The summed E-state index contributed by atoms with van der Waals surface area (Å²) in [5.41, 5.74) is -0.991. The van der Waals surface area contributed by atoms with E-state index in [1.807, 2.05) is 25.3 Å². The Morgan fingerprint density at radius 1 is 1.35 bits per heavy atom. The van der Waals surface area contributed by atoms with Crippen LogP contribution < -0.4 is 0 Å². The predicted octanol–water partition coefficient (Wildman–Crippen LogP) is 2.06. The average Bonchev–Trinajstić information content (AvgIpc) is 3.08. The third-order valence-electron chi connectivity index (χ3n) is 4.82. The maximum absolute atomic E-state index is 9.75. The first-order chi connectivity index (χ1) is 11.1. The fourth-order valence-electron chi connectivity index (χ4n) is 3.73. The summed E-state index contributed by atoms with van der Waals surface area (Å²) in [4.78, 5) is 2.08. The van der Waals surface area contributed by atoms with Gasteiger partial charge in [-0.15, -0.1) is 0 Å². The molecule has 1 fully saturated rings. The van der Waals surface area contributed by atoms with E-state index >= 15 is 0 Å². The van der Waals surface area contributed by atoms with Crippen molar-refractivity contribution in [3.8, 4) is 18.2 Å². The Labute approximate surface area is 134 Å². The average molecular weight is 305 g/mol. The zero-order valence-electron chi connectivity index (χ0n) is 12.7. The number of hydrogen-bond donors (Lipinski definition) is 1. The first-order valence-electron chi connectivity index (χ1n) is 7.32. The third kappa shape index (κ3) is 1.99. The van der Waals surface area contributed by atoms with Crippen LogP contribution in [0.5, 0.6) is 0 Å². The number of fused-ring (bicyclic) bond motifs is 1. The van der Waals surface area contributed by atoms with Crippen LogP contribution in [0.15, 0.2) is 34.5 Å². The minimum absolute atomic E-state index is 0.140. The van der Waals surface area contributed by atoms with Gasteiger partial charge in [-0.3, -0.25) is 0 Å². The van der Waals surface area contributed by atoms with Crippen molar-refractivity contribution in [1.29, 1.82) is 21.2 Å². The number of nitrogens with zero attached hydrogens (tertiary/aromatic N) is 4. The molecule has 1 aromatic rings. The smallest absolute Gasteiger partial charge is 0.192 e. The molecular weight excluding hydrogens is 290 g/mol. The van der Waals surface area contributed by atoms with Crippen molar-refractivity contribution in [1.82, 2.24) is 4.90 Å². The van der Waals surface area contributed by atoms with Gasteiger partial charge in [-0.25, -0.2) is 0 Å². The number of likely N-dealkylation sites (N-methyl/N-ethyl adjacent to an activating group) is 1. The van der Waals surface area contributed by atoms with Gasteiger partial charge in [-0.05, 0) is 24.8 Å². The zero-order chi connectivity index (χ0) is 16.6. The highest BCUT2D eigenvalue weighted by molar-refractivity contribution is 6.00. The van der Waals surface area contributed by atoms with Crippen LogP contribution >= 0.6 is 0 Å². The van der Waals surface area contributed by atoms with Crippen LogP contribution in [0.3, 0.4) is 0 Å². The molecule has 114 valence electrons. The standard InChI is InChI=1S/C17H15N5O/c1-22-5-4-11-12(7-18)16(21)17(9-19,10-20)15(13(11)8-22)14-3-2-6-23-14/h2-4,6,12-13,15,21H,5,8H2,1H3/t12?,13-,15-/m1/s1. The Balaban J connectivity index is 2.25. The number of furan rings is 1. The van der Waals surface area contributed by atoms with Gasteiger partial charge in [0, 0.05) is 19.0 Å². The van der Waals surface area contributed by atoms with E-state index in [1.165, 1.54) is 6.26 Å². The van der Waals surface area contributed by atoms with Gasteiger partial charge in [0.05, 0.1) is 36.1 Å². The lowest BCUT2D eigenvalue weighted by Gasteiger charge is -2.46. The first kappa shape index (κ1) is 15.0. The number of nitriles is 3. The van der Waals surface area contributed by atoms with Crippen LogP contribution in [0.4, 0.5) is 0 Å². The molecule has 0 aromatic carbocycles. The predicted molar refractivity (Wildman–Crippen MR) is 81.0 cm³/mol. The number of nitrogens with one attached hydrogen (secondary N) is 1. The molecule has 23 heavy (non-hydrogen) atoms. The summed E-state index contributed by atoms with van der Waals surface area (Å²) in [5.74, 6) is -1.09. The van der Waals surface area contributed by atoms with Crippen LogP contribution in [-0.4, -0.2) is 30.7 Å². The highest BCUT2D eigenvalue weighted by Gasteiger charge is 2.58. The van der Waals surface area contributed by atoms with Gasteiger partial charge in [0.2, 0.25) is 0 Å². The van der Waals surface area contributed by atoms with Crippen LogP contribution in [-0.2, 0) is 0 Å². The molecule has 1 N–H and O–H groups in total. The number of rotatable bonds is 1. The van der Waals surface area contributed by atoms with Gasteiger partial charge < -0.3 is 14.7 Å². The molecule has 0 bridgehead atoms. The molecule has 0 radical (unpaired) electrons. The maximum atomic E-state index is 9.75. The molecule has 1 saturated carbocycles. The summed E-state index contributed by atoms with van der Waals surface area (Å²) in [6, 6.07) is 9.61. The Hall–Kier alpha value is -2.88. The van der Waals surface area contributed by atoms with Crippen molar-refractivity contribution in [2.45, 2.75) is 5.92 Å². The van der Waals surface area contributed by atoms with E-state index in [0.717, 1.165) is 5.57 Å². The lowest BCUT2D eigenvalue weighted by atomic mass is 9.55. The van der Waals surface area contributed by atoms with Crippen LogP contribution in [0.1, 0.15) is 11.7 Å². The molecule has 6 nitrogen and oxygen atoms in total. The quantitative estimate of drug-likeness (QED) is 0.798. The van der Waals surface area contributed by atoms with Crippen molar-refractivity contribution in [2.75, 3.05) is 20.1 Å². The molecule has 2 heterocycles. The summed E-state index contributed by atoms with van der Waals surface area (Å²) in [5, 5.41) is 37.4. The fraction of sp³-hybridized carbons (Fsp3) is 0.412. The highest BCUT2D eigenvalue weighted by atomic mass is 16.3. The van der Waals surface area contributed by atoms with E-state index in [1.54, 1.807) is 12.1 Å². The molecular formula is C17H15N5O. The van der Waals surface area contributed by atoms with Crippen molar-refractivity contribution in [3.63, 3.8) is 0 Å². The minimum Gasteiger partial charge on any atom is -0.469 e. The zero-order valence-corrected chi connectivity index (χ0v) is 12.7. The summed E-state index contributed by atoms with van der Waals surface area (Å²) >= 11 is 0. The minimum atomic E-state index is -1.68. The van der Waals surface area contributed by atoms with E-state index in [2.05, 4.69) is 11.0 Å². The first-order valence-corrected chi connectivity index (χ1v) is 7.32. The summed E-state index contributed by atoms with van der Waals surface area (Å²) in [6.07, 6.45) is 3.45. The largest absolute Gasteiger partial charge is 0.469 e. The van der Waals surface area contributed by atoms with E-state index in [-0.39, 0.29) is 11.6 Å². The highest BCUT2D eigenvalue weighted by Crippen LogP contribution is 2.53. The van der Waals surface area contributed by atoms with Gasteiger partial charge in [-0.2, -0.15) is 15.8 Å². The van der Waals surface area contributed by atoms with Crippen molar-refractivity contribution < 1.29 is 4.42 Å². The third-order valence-corrected chi connectivity index (χ3v) is 4.82. The van der Waals surface area contributed by atoms with E-state index < -0.39 is 17.3 Å². The molecule has 1 aliphatic carbocycles. The molecule has 1 aliphatic heterocycles. The van der Waals surface area contributed by atoms with E-state index in [0.29, 0.717) is 18.8 Å². The molecule has 0 amide bonds. The Morgan fingerprint density at radius 3 is 2.65 bits per heavy atom. The molecule has 3 atom stereocenters. The fourth-order valence-corrected chi connectivity index (χ4v) is 3.73. The topological polar surface area (TPSA) is 112 Å². The van der Waals surface area contributed by atoms with Gasteiger partial charge in [0.1, 0.15) is 11.7 Å². The van der Waals surface area contributed by atoms with Crippen molar-refractivity contribution in [2.24, 2.45) is 17.3 Å². The van der Waals surface area contributed by atoms with Crippen LogP contribution in [0.2, 0.25) is 0 Å². The summed E-state index contributed by atoms with van der Waals surface area (Å²) in [6.45, 7) is 1.31. The number of hydrogen-bond acceptors (Lipinski definition) is 6. The van der Waals surface area contributed by atoms with Crippen molar-refractivity contribution in [3.05, 3.63) is 35.8 Å². The lowest BCUT2D eigenvalue weighted by molar-refractivity contribution is 0.217. The summed E-state index contributed by atoms with van der Waals surface area (Å²) < 4.78 is 5.51. The molecule has 1 aromatic heterocycles. The monoisotopic (exact) mass is 305 g/mol. The SMILES string of the molecule is CN1CC=C2C(C#N)C(=N)C(C#N)(C#N)[C@@H](c3ccco3)[C@@H]2C1. The molecule has 3 rings (SSSR count). The Kier molecular flexibility index (Phi) is 3.52. The van der Waals surface area contributed by atoms with Crippen molar-refractivity contribution >= 4 is 5.71 Å². The second-order valence-corrected chi connectivity index (χ2v) is 6.03. The molecule has 0 spiro atoms. The van der Waals surface area contributed by atoms with Crippen LogP contribution in [0.25, 0.3) is 0 Å². The van der Waals surface area contributed by atoms with Crippen LogP contribution in [0, 0.1) is 56.7 Å². The maximum Gasteiger partial charge on any atom is 0.192 e. The van der Waals surface area contributed by atoms with Gasteiger partial charge in [0.25, 0.3) is 0 Å². The normalized spacial score (nSPS) is 29.6. The molecule has 6 heteroatoms. The van der Waals surface area contributed by atoms with Gasteiger partial charge in [-0.1, -0.05) is 6.08 Å². The van der Waals surface area contributed by atoms with Gasteiger partial charge in [0.15, 0.2) is 5.41 Å². The molecule has 0 saturated heterocycles. The Morgan fingerprint density at radius 2 is 2.09 bits per heavy atom. The van der Waals surface area contributed by atoms with E-state index in [9.17, 15) is 15.8 Å². The lowest BCUT2D eigenvalue weighted by Crippen LogP contribution is -2.52. The van der Waals surface area contributed by atoms with Gasteiger partial charge >= 0.3 is 0 Å².